The van der Waals surface area contributed by atoms with Gasteiger partial charge in [0.25, 0.3) is 0 Å². The summed E-state index contributed by atoms with van der Waals surface area (Å²) in [5.41, 5.74) is 2.96. The van der Waals surface area contributed by atoms with Gasteiger partial charge in [-0.1, -0.05) is 42.8 Å². The molecular formula is C16H24BrNO. The van der Waals surface area contributed by atoms with E-state index in [1.165, 1.54) is 15.6 Å². The smallest absolute Gasteiger partial charge is 0.0594 e. The van der Waals surface area contributed by atoms with Crippen molar-refractivity contribution in [1.29, 1.82) is 0 Å². The van der Waals surface area contributed by atoms with Crippen LogP contribution < -0.4 is 0 Å². The van der Waals surface area contributed by atoms with Crippen LogP contribution in [0.1, 0.15) is 44.9 Å². The second-order valence-electron chi connectivity index (χ2n) is 6.35. The summed E-state index contributed by atoms with van der Waals surface area (Å²) in [6, 6.07) is 7.28. The zero-order valence-corrected chi connectivity index (χ0v) is 14.0. The summed E-state index contributed by atoms with van der Waals surface area (Å²) in [4.78, 5) is 2.50. The molecule has 1 atom stereocenters. The Balaban J connectivity index is 2.26. The molecule has 0 spiro atoms. The van der Waals surface area contributed by atoms with Crippen molar-refractivity contribution in [2.75, 3.05) is 26.3 Å². The minimum Gasteiger partial charge on any atom is -0.379 e. The van der Waals surface area contributed by atoms with Crippen molar-refractivity contribution in [3.63, 3.8) is 0 Å². The maximum atomic E-state index is 5.44. The number of halogens is 1. The SMILES string of the molecule is CC(c1cc(Br)cc(C(C)(C)C)c1)N1CCOCC1. The highest BCUT2D eigenvalue weighted by Gasteiger charge is 2.21. The van der Waals surface area contributed by atoms with Gasteiger partial charge in [-0.25, -0.2) is 0 Å². The molecule has 1 unspecified atom stereocenters. The van der Waals surface area contributed by atoms with Gasteiger partial charge < -0.3 is 4.74 Å². The van der Waals surface area contributed by atoms with Crippen molar-refractivity contribution >= 4 is 15.9 Å². The fourth-order valence-electron chi connectivity index (χ4n) is 2.46. The minimum absolute atomic E-state index is 0.184. The van der Waals surface area contributed by atoms with E-state index in [1.807, 2.05) is 0 Å². The zero-order chi connectivity index (χ0) is 14.0. The minimum atomic E-state index is 0.184. The van der Waals surface area contributed by atoms with Crippen molar-refractivity contribution in [2.24, 2.45) is 0 Å². The standard InChI is InChI=1S/C16H24BrNO/c1-12(18-5-7-19-8-6-18)13-9-14(16(2,3)4)11-15(17)10-13/h9-12H,5-8H2,1-4H3. The third-order valence-corrected chi connectivity index (χ3v) is 4.32. The summed E-state index contributed by atoms with van der Waals surface area (Å²) in [7, 11) is 0. The summed E-state index contributed by atoms with van der Waals surface area (Å²) in [6.07, 6.45) is 0. The Morgan fingerprint density at radius 3 is 2.37 bits per heavy atom. The molecule has 0 N–H and O–H groups in total. The van der Waals surface area contributed by atoms with E-state index < -0.39 is 0 Å². The van der Waals surface area contributed by atoms with Gasteiger partial charge in [0.05, 0.1) is 13.2 Å². The monoisotopic (exact) mass is 325 g/mol. The third kappa shape index (κ3) is 3.80. The summed E-state index contributed by atoms with van der Waals surface area (Å²) in [6.45, 7) is 12.8. The highest BCUT2D eigenvalue weighted by Crippen LogP contribution is 2.31. The second kappa shape index (κ2) is 5.94. The number of benzene rings is 1. The normalized spacial score (nSPS) is 19.4. The van der Waals surface area contributed by atoms with Gasteiger partial charge in [-0.05, 0) is 35.6 Å². The van der Waals surface area contributed by atoms with Gasteiger partial charge in [0.2, 0.25) is 0 Å². The van der Waals surface area contributed by atoms with E-state index in [-0.39, 0.29) is 5.41 Å². The van der Waals surface area contributed by atoms with Crippen molar-refractivity contribution in [3.8, 4) is 0 Å². The number of nitrogens with zero attached hydrogens (tertiary/aromatic N) is 1. The zero-order valence-electron chi connectivity index (χ0n) is 12.4. The molecule has 1 aliphatic rings. The average molecular weight is 326 g/mol. The van der Waals surface area contributed by atoms with E-state index in [2.05, 4.69) is 66.7 Å². The first-order valence-electron chi connectivity index (χ1n) is 7.01. The van der Waals surface area contributed by atoms with E-state index in [1.54, 1.807) is 0 Å². The highest BCUT2D eigenvalue weighted by atomic mass is 79.9. The molecule has 1 fully saturated rings. The van der Waals surface area contributed by atoms with Crippen LogP contribution in [0, 0.1) is 0 Å². The first-order valence-corrected chi connectivity index (χ1v) is 7.80. The molecule has 1 aromatic carbocycles. The van der Waals surface area contributed by atoms with Gasteiger partial charge in [-0.3, -0.25) is 4.90 Å². The molecule has 2 rings (SSSR count). The molecule has 0 amide bonds. The summed E-state index contributed by atoms with van der Waals surface area (Å²) in [5.74, 6) is 0. The second-order valence-corrected chi connectivity index (χ2v) is 7.26. The molecule has 0 saturated carbocycles. The molecule has 2 nitrogen and oxygen atoms in total. The quantitative estimate of drug-likeness (QED) is 0.810. The Morgan fingerprint density at radius 2 is 1.79 bits per heavy atom. The van der Waals surface area contributed by atoms with Gasteiger partial charge in [0, 0.05) is 23.6 Å². The van der Waals surface area contributed by atoms with Crippen LogP contribution in [0.25, 0.3) is 0 Å². The Labute approximate surface area is 125 Å². The van der Waals surface area contributed by atoms with Gasteiger partial charge in [0.15, 0.2) is 0 Å². The van der Waals surface area contributed by atoms with Gasteiger partial charge >= 0.3 is 0 Å². The number of hydrogen-bond acceptors (Lipinski definition) is 2. The lowest BCUT2D eigenvalue weighted by Crippen LogP contribution is -2.38. The molecule has 1 aromatic rings. The molecule has 19 heavy (non-hydrogen) atoms. The van der Waals surface area contributed by atoms with E-state index in [0.717, 1.165) is 26.3 Å². The summed E-state index contributed by atoms with van der Waals surface area (Å²) >= 11 is 3.65. The van der Waals surface area contributed by atoms with Crippen LogP contribution >= 0.6 is 15.9 Å². The molecule has 1 aliphatic heterocycles. The lowest BCUT2D eigenvalue weighted by Gasteiger charge is -2.33. The predicted octanol–water partition coefficient (Wildman–Crippen LogP) is 4.14. The molecule has 1 heterocycles. The van der Waals surface area contributed by atoms with E-state index in [9.17, 15) is 0 Å². The van der Waals surface area contributed by atoms with Gasteiger partial charge in [0.1, 0.15) is 0 Å². The maximum Gasteiger partial charge on any atom is 0.0594 e. The summed E-state index contributed by atoms with van der Waals surface area (Å²) in [5, 5.41) is 0. The van der Waals surface area contributed by atoms with Crippen LogP contribution in [0.15, 0.2) is 22.7 Å². The van der Waals surface area contributed by atoms with Crippen LogP contribution in [-0.2, 0) is 10.2 Å². The molecule has 0 aliphatic carbocycles. The molecule has 106 valence electrons. The Hall–Kier alpha value is -0.380. The van der Waals surface area contributed by atoms with Gasteiger partial charge in [-0.15, -0.1) is 0 Å². The van der Waals surface area contributed by atoms with Crippen molar-refractivity contribution in [2.45, 2.75) is 39.2 Å². The molecule has 0 bridgehead atoms. The van der Waals surface area contributed by atoms with Crippen LogP contribution in [0.3, 0.4) is 0 Å². The molecule has 3 heteroatoms. The van der Waals surface area contributed by atoms with Crippen LogP contribution in [0.4, 0.5) is 0 Å². The fourth-order valence-corrected chi connectivity index (χ4v) is 2.97. The topological polar surface area (TPSA) is 12.5 Å². The molecule has 1 saturated heterocycles. The van der Waals surface area contributed by atoms with Crippen molar-refractivity contribution in [3.05, 3.63) is 33.8 Å². The highest BCUT2D eigenvalue weighted by molar-refractivity contribution is 9.10. The Kier molecular flexibility index (Phi) is 4.70. The van der Waals surface area contributed by atoms with Crippen LogP contribution in [-0.4, -0.2) is 31.2 Å². The van der Waals surface area contributed by atoms with Crippen LogP contribution in [0.2, 0.25) is 0 Å². The largest absolute Gasteiger partial charge is 0.379 e. The first-order chi connectivity index (χ1) is 8.88. The van der Waals surface area contributed by atoms with Gasteiger partial charge in [-0.2, -0.15) is 0 Å². The summed E-state index contributed by atoms with van der Waals surface area (Å²) < 4.78 is 6.61. The van der Waals surface area contributed by atoms with E-state index >= 15 is 0 Å². The first kappa shape index (κ1) is 15.0. The Bertz CT molecular complexity index is 433. The van der Waals surface area contributed by atoms with Crippen LogP contribution in [0.5, 0.6) is 0 Å². The third-order valence-electron chi connectivity index (χ3n) is 3.86. The lowest BCUT2D eigenvalue weighted by molar-refractivity contribution is 0.0198. The Morgan fingerprint density at radius 1 is 1.16 bits per heavy atom. The fraction of sp³-hybridized carbons (Fsp3) is 0.625. The molecular weight excluding hydrogens is 302 g/mol. The van der Waals surface area contributed by atoms with E-state index in [4.69, 9.17) is 4.74 Å². The van der Waals surface area contributed by atoms with Crippen molar-refractivity contribution < 1.29 is 4.74 Å². The molecule has 0 radical (unpaired) electrons. The number of rotatable bonds is 2. The maximum absolute atomic E-state index is 5.44. The average Bonchev–Trinajstić information content (AvgIpc) is 2.37. The van der Waals surface area contributed by atoms with E-state index in [0.29, 0.717) is 6.04 Å². The number of hydrogen-bond donors (Lipinski definition) is 0. The number of ether oxygens (including phenoxy) is 1. The number of morpholine rings is 1. The molecule has 0 aromatic heterocycles. The lowest BCUT2D eigenvalue weighted by atomic mass is 9.85. The van der Waals surface area contributed by atoms with Crippen molar-refractivity contribution in [1.82, 2.24) is 4.90 Å². The predicted molar refractivity (Wildman–Crippen MR) is 83.6 cm³/mol.